The molecule has 0 aliphatic carbocycles. The molecule has 7 nitrogen and oxygen atoms in total. The second-order valence-electron chi connectivity index (χ2n) is 6.02. The smallest absolute Gasteiger partial charge is 0.392 e. The predicted molar refractivity (Wildman–Crippen MR) is 107 cm³/mol. The van der Waals surface area contributed by atoms with Crippen LogP contribution in [-0.4, -0.2) is 15.3 Å². The summed E-state index contributed by atoms with van der Waals surface area (Å²) in [4.78, 5) is 0. The minimum absolute atomic E-state index is 0.126. The Hall–Kier alpha value is -2.83. The van der Waals surface area contributed by atoms with Crippen molar-refractivity contribution in [2.24, 2.45) is 0 Å². The second-order valence-corrected chi connectivity index (χ2v) is 7.46. The van der Waals surface area contributed by atoms with Gasteiger partial charge in [-0.2, -0.15) is 4.57 Å². The summed E-state index contributed by atoms with van der Waals surface area (Å²) in [7, 11) is -4.34. The molecule has 0 heterocycles. The summed E-state index contributed by atoms with van der Waals surface area (Å²) in [6, 6.07) is 19.5. The van der Waals surface area contributed by atoms with Crippen molar-refractivity contribution in [3.05, 3.63) is 89.5 Å². The van der Waals surface area contributed by atoms with Crippen LogP contribution in [0, 0.1) is 0 Å². The van der Waals surface area contributed by atoms with Crippen LogP contribution in [0.5, 0.6) is 17.2 Å². The van der Waals surface area contributed by atoms with Gasteiger partial charge in [-0.25, -0.2) is 0 Å². The molecule has 0 amide bonds. The highest BCUT2D eigenvalue weighted by atomic mass is 31.2. The van der Waals surface area contributed by atoms with Crippen molar-refractivity contribution in [2.75, 3.05) is 0 Å². The van der Waals surface area contributed by atoms with Gasteiger partial charge in [0.05, 0.1) is 19.8 Å². The van der Waals surface area contributed by atoms with E-state index in [4.69, 9.17) is 13.6 Å². The van der Waals surface area contributed by atoms with Crippen molar-refractivity contribution in [3.8, 4) is 17.2 Å². The number of phosphoric ester groups is 1. The second kappa shape index (κ2) is 9.58. The van der Waals surface area contributed by atoms with E-state index in [1.165, 1.54) is 18.2 Å². The van der Waals surface area contributed by atoms with E-state index < -0.39 is 7.82 Å². The molecule has 152 valence electrons. The van der Waals surface area contributed by atoms with Gasteiger partial charge in [-0.05, 0) is 18.2 Å². The van der Waals surface area contributed by atoms with Gasteiger partial charge in [0.25, 0.3) is 0 Å². The zero-order valence-corrected chi connectivity index (χ0v) is 16.4. The van der Waals surface area contributed by atoms with Crippen molar-refractivity contribution in [1.29, 1.82) is 0 Å². The summed E-state index contributed by atoms with van der Waals surface area (Å²) >= 11 is 0. The zero-order valence-electron chi connectivity index (χ0n) is 15.5. The molecule has 0 saturated heterocycles. The molecule has 3 rings (SSSR count). The van der Waals surface area contributed by atoms with Gasteiger partial charge < -0.3 is 28.9 Å². The van der Waals surface area contributed by atoms with Gasteiger partial charge >= 0.3 is 7.82 Å². The lowest BCUT2D eigenvalue weighted by molar-refractivity contribution is 0.258. The fraction of sp³-hybridized carbons (Fsp3) is 0.143. The number of hydrogen-bond donors (Lipinski definition) is 3. The first kappa shape index (κ1) is 20.9. The molecule has 0 spiro atoms. The average Bonchev–Trinajstić information content (AvgIpc) is 2.74. The standard InChI is InChI=1S/C21H21O7P/c22-13-16-7-1-4-10-19(16)26-29(25,27-20-11-5-2-8-17(20)14-23)28-21-12-6-3-9-18(21)15-24/h1-12,22-24H,13-15H2. The largest absolute Gasteiger partial charge is 0.647 e. The lowest BCUT2D eigenvalue weighted by Gasteiger charge is -2.22. The van der Waals surface area contributed by atoms with Crippen molar-refractivity contribution < 1.29 is 33.5 Å². The number of phosphoric acid groups is 1. The fourth-order valence-electron chi connectivity index (χ4n) is 2.59. The molecular formula is C21H21O7P. The van der Waals surface area contributed by atoms with Gasteiger partial charge in [0.15, 0.2) is 0 Å². The molecule has 0 atom stereocenters. The highest BCUT2D eigenvalue weighted by molar-refractivity contribution is 7.49. The van der Waals surface area contributed by atoms with Crippen LogP contribution in [-0.2, 0) is 24.4 Å². The van der Waals surface area contributed by atoms with Gasteiger partial charge in [0.1, 0.15) is 17.2 Å². The molecule has 0 aromatic heterocycles. The van der Waals surface area contributed by atoms with E-state index in [0.29, 0.717) is 16.7 Å². The maximum atomic E-state index is 13.6. The lowest BCUT2D eigenvalue weighted by Crippen LogP contribution is -2.10. The highest BCUT2D eigenvalue weighted by Gasteiger charge is 2.35. The molecule has 3 N–H and O–H groups in total. The molecule has 0 aliphatic rings. The lowest BCUT2D eigenvalue weighted by atomic mass is 10.2. The van der Waals surface area contributed by atoms with Crippen LogP contribution < -0.4 is 13.6 Å². The Balaban J connectivity index is 2.01. The van der Waals surface area contributed by atoms with E-state index >= 15 is 0 Å². The molecule has 8 heteroatoms. The topological polar surface area (TPSA) is 105 Å². The number of hydrogen-bond acceptors (Lipinski definition) is 7. The monoisotopic (exact) mass is 416 g/mol. The minimum atomic E-state index is -4.34. The number of rotatable bonds is 9. The molecule has 0 bridgehead atoms. The Morgan fingerprint density at radius 3 is 1.10 bits per heavy atom. The Morgan fingerprint density at radius 1 is 0.552 bits per heavy atom. The number of aliphatic hydroxyl groups is 3. The zero-order chi connectivity index (χ0) is 20.7. The average molecular weight is 416 g/mol. The van der Waals surface area contributed by atoms with E-state index in [1.807, 2.05) is 0 Å². The first-order valence-electron chi connectivity index (χ1n) is 8.83. The third-order valence-electron chi connectivity index (χ3n) is 4.06. The van der Waals surface area contributed by atoms with E-state index in [9.17, 15) is 19.9 Å². The van der Waals surface area contributed by atoms with Crippen LogP contribution in [0.25, 0.3) is 0 Å². The van der Waals surface area contributed by atoms with Crippen LogP contribution in [0.2, 0.25) is 0 Å². The third-order valence-corrected chi connectivity index (χ3v) is 5.32. The fourth-order valence-corrected chi connectivity index (χ4v) is 3.96. The van der Waals surface area contributed by atoms with Gasteiger partial charge in [-0.3, -0.25) is 0 Å². The first-order valence-corrected chi connectivity index (χ1v) is 10.3. The summed E-state index contributed by atoms with van der Waals surface area (Å²) in [5.41, 5.74) is 1.18. The van der Waals surface area contributed by atoms with E-state index in [0.717, 1.165) is 0 Å². The van der Waals surface area contributed by atoms with Crippen LogP contribution in [0.15, 0.2) is 72.8 Å². The molecule has 0 radical (unpaired) electrons. The van der Waals surface area contributed by atoms with Gasteiger partial charge in [0, 0.05) is 16.7 Å². The Morgan fingerprint density at radius 2 is 0.828 bits per heavy atom. The van der Waals surface area contributed by atoms with Crippen molar-refractivity contribution in [2.45, 2.75) is 19.8 Å². The van der Waals surface area contributed by atoms with E-state index in [2.05, 4.69) is 0 Å². The molecule has 3 aromatic rings. The third kappa shape index (κ3) is 5.16. The maximum Gasteiger partial charge on any atom is 0.647 e. The molecule has 0 fully saturated rings. The SMILES string of the molecule is O=P(Oc1ccccc1CO)(Oc1ccccc1CO)Oc1ccccc1CO. The number of para-hydroxylation sites is 3. The van der Waals surface area contributed by atoms with E-state index in [-0.39, 0.29) is 37.1 Å². The minimum Gasteiger partial charge on any atom is -0.392 e. The normalized spacial score (nSPS) is 11.1. The summed E-state index contributed by atoms with van der Waals surface area (Å²) < 4.78 is 30.5. The summed E-state index contributed by atoms with van der Waals surface area (Å²) in [5.74, 6) is 0.379. The van der Waals surface area contributed by atoms with Crippen LogP contribution in [0.1, 0.15) is 16.7 Å². The first-order chi connectivity index (χ1) is 14.1. The van der Waals surface area contributed by atoms with Crippen LogP contribution in [0.3, 0.4) is 0 Å². The molecule has 0 saturated carbocycles. The summed E-state index contributed by atoms with van der Waals surface area (Å²) in [6.45, 7) is -1.01. The quantitative estimate of drug-likeness (QED) is 0.456. The molecule has 0 aliphatic heterocycles. The molecule has 29 heavy (non-hydrogen) atoms. The van der Waals surface area contributed by atoms with E-state index in [1.54, 1.807) is 54.6 Å². The Bertz CT molecular complexity index is 878. The Labute approximate surface area is 168 Å². The summed E-state index contributed by atoms with van der Waals surface area (Å²) in [5, 5.41) is 28.6. The van der Waals surface area contributed by atoms with Gasteiger partial charge in [-0.1, -0.05) is 54.6 Å². The number of benzene rings is 3. The molecular weight excluding hydrogens is 395 g/mol. The molecule has 0 unspecified atom stereocenters. The predicted octanol–water partition coefficient (Wildman–Crippen LogP) is 3.81. The number of aliphatic hydroxyl groups excluding tert-OH is 3. The van der Waals surface area contributed by atoms with Crippen molar-refractivity contribution >= 4 is 7.82 Å². The van der Waals surface area contributed by atoms with Crippen molar-refractivity contribution in [1.82, 2.24) is 0 Å². The Kier molecular flexibility index (Phi) is 6.90. The van der Waals surface area contributed by atoms with Gasteiger partial charge in [0.2, 0.25) is 0 Å². The maximum absolute atomic E-state index is 13.6. The van der Waals surface area contributed by atoms with Crippen molar-refractivity contribution in [3.63, 3.8) is 0 Å². The summed E-state index contributed by atoms with van der Waals surface area (Å²) in [6.07, 6.45) is 0. The van der Waals surface area contributed by atoms with Crippen LogP contribution in [0.4, 0.5) is 0 Å². The van der Waals surface area contributed by atoms with Gasteiger partial charge in [-0.15, -0.1) is 0 Å². The highest BCUT2D eigenvalue weighted by Crippen LogP contribution is 2.51. The molecule has 3 aromatic carbocycles. The van der Waals surface area contributed by atoms with Crippen LogP contribution >= 0.6 is 7.82 Å².